The summed E-state index contributed by atoms with van der Waals surface area (Å²) in [6.45, 7) is 0.545. The van der Waals surface area contributed by atoms with Crippen molar-refractivity contribution in [3.8, 4) is 0 Å². The first kappa shape index (κ1) is 14.4. The lowest BCUT2D eigenvalue weighted by molar-refractivity contribution is -0.132. The molecule has 2 rings (SSSR count). The van der Waals surface area contributed by atoms with Crippen molar-refractivity contribution in [2.24, 2.45) is 0 Å². The van der Waals surface area contributed by atoms with Gasteiger partial charge in [0.15, 0.2) is 0 Å². The first-order valence-electron chi connectivity index (χ1n) is 6.27. The van der Waals surface area contributed by atoms with Crippen molar-refractivity contribution in [3.63, 3.8) is 0 Å². The molecule has 1 N–H and O–H groups in total. The smallest absolute Gasteiger partial charge is 0.230 e. The lowest BCUT2D eigenvalue weighted by Crippen LogP contribution is -2.39. The molecule has 0 fully saturated rings. The summed E-state index contributed by atoms with van der Waals surface area (Å²) in [4.78, 5) is 15.2. The summed E-state index contributed by atoms with van der Waals surface area (Å²) < 4.78 is 4.87. The number of nitrogens with zero attached hydrogens (tertiary/aromatic N) is 1. The molecule has 0 saturated carbocycles. The van der Waals surface area contributed by atoms with E-state index < -0.39 is 6.10 Å². The zero-order valence-electron chi connectivity index (χ0n) is 11.2. The van der Waals surface area contributed by atoms with Crippen molar-refractivity contribution < 1.29 is 14.6 Å². The van der Waals surface area contributed by atoms with Gasteiger partial charge in [-0.05, 0) is 11.6 Å². The third-order valence-electron chi connectivity index (χ3n) is 3.22. The number of rotatable bonds is 5. The Labute approximate surface area is 117 Å². The van der Waals surface area contributed by atoms with Gasteiger partial charge in [0.2, 0.25) is 5.91 Å². The molecule has 104 valence electrons. The zero-order valence-corrected chi connectivity index (χ0v) is 12.0. The molecule has 0 spiro atoms. The molecular formula is C14H19NO3S. The van der Waals surface area contributed by atoms with Gasteiger partial charge in [-0.1, -0.05) is 18.2 Å². The Morgan fingerprint density at radius 3 is 3.05 bits per heavy atom. The molecule has 19 heavy (non-hydrogen) atoms. The standard InChI is InChI=1S/C14H19NO3S/c1-15(7-10(16)8-18-2)14(17)12-9-19-13-6-4-3-5-11(12)13/h3-6,10,12,16H,7-9H2,1-2H3. The van der Waals surface area contributed by atoms with Gasteiger partial charge in [0.05, 0.1) is 18.6 Å². The SMILES string of the molecule is COCC(O)CN(C)C(=O)C1CSc2ccccc21. The third-order valence-corrected chi connectivity index (χ3v) is 4.40. The number of methoxy groups -OCH3 is 1. The predicted octanol–water partition coefficient (Wildman–Crippen LogP) is 1.34. The van der Waals surface area contributed by atoms with Crippen LogP contribution in [0.4, 0.5) is 0 Å². The number of fused-ring (bicyclic) bond motifs is 1. The quantitative estimate of drug-likeness (QED) is 0.885. The van der Waals surface area contributed by atoms with Crippen LogP contribution in [0.25, 0.3) is 0 Å². The van der Waals surface area contributed by atoms with Crippen LogP contribution in [0.2, 0.25) is 0 Å². The summed E-state index contributed by atoms with van der Waals surface area (Å²) in [6, 6.07) is 8.01. The molecule has 2 unspecified atom stereocenters. The maximum absolute atomic E-state index is 12.4. The summed E-state index contributed by atoms with van der Waals surface area (Å²) in [7, 11) is 3.27. The summed E-state index contributed by atoms with van der Waals surface area (Å²) >= 11 is 1.72. The lowest BCUT2D eigenvalue weighted by Gasteiger charge is -2.23. The maximum atomic E-state index is 12.4. The van der Waals surface area contributed by atoms with Crippen molar-refractivity contribution in [1.29, 1.82) is 0 Å². The van der Waals surface area contributed by atoms with E-state index in [0.717, 1.165) is 11.3 Å². The molecule has 0 bridgehead atoms. The van der Waals surface area contributed by atoms with Gasteiger partial charge in [0.1, 0.15) is 0 Å². The van der Waals surface area contributed by atoms with Gasteiger partial charge < -0.3 is 14.7 Å². The molecule has 0 radical (unpaired) electrons. The number of ether oxygens (including phenoxy) is 1. The number of aliphatic hydroxyl groups excluding tert-OH is 1. The molecule has 1 aliphatic heterocycles. The number of carbonyl (C=O) groups is 1. The first-order valence-corrected chi connectivity index (χ1v) is 7.25. The maximum Gasteiger partial charge on any atom is 0.230 e. The Balaban J connectivity index is 2.01. The molecule has 1 amide bonds. The Hall–Kier alpha value is -1.04. The first-order chi connectivity index (χ1) is 9.13. The number of hydrogen-bond donors (Lipinski definition) is 1. The average molecular weight is 281 g/mol. The largest absolute Gasteiger partial charge is 0.389 e. The van der Waals surface area contributed by atoms with E-state index in [9.17, 15) is 9.90 Å². The number of amides is 1. The van der Waals surface area contributed by atoms with Gasteiger partial charge >= 0.3 is 0 Å². The summed E-state index contributed by atoms with van der Waals surface area (Å²) in [5, 5.41) is 9.68. The molecule has 1 aromatic rings. The molecule has 5 heteroatoms. The van der Waals surface area contributed by atoms with E-state index in [0.29, 0.717) is 6.54 Å². The highest BCUT2D eigenvalue weighted by Gasteiger charge is 2.31. The number of carbonyl (C=O) groups excluding carboxylic acids is 1. The Morgan fingerprint density at radius 1 is 1.58 bits per heavy atom. The fourth-order valence-electron chi connectivity index (χ4n) is 2.28. The van der Waals surface area contributed by atoms with Crippen LogP contribution >= 0.6 is 11.8 Å². The molecule has 0 aromatic heterocycles. The number of benzene rings is 1. The predicted molar refractivity (Wildman–Crippen MR) is 75.4 cm³/mol. The number of likely N-dealkylation sites (N-methyl/N-ethyl adjacent to an activating group) is 1. The molecule has 0 aliphatic carbocycles. The van der Waals surface area contributed by atoms with Crippen LogP contribution in [0.3, 0.4) is 0 Å². The molecule has 0 saturated heterocycles. The highest BCUT2D eigenvalue weighted by Crippen LogP contribution is 2.39. The van der Waals surface area contributed by atoms with Crippen LogP contribution in [-0.2, 0) is 9.53 Å². The second-order valence-corrected chi connectivity index (χ2v) is 5.79. The topological polar surface area (TPSA) is 49.8 Å². The Bertz CT molecular complexity index is 452. The highest BCUT2D eigenvalue weighted by molar-refractivity contribution is 7.99. The second-order valence-electron chi connectivity index (χ2n) is 4.73. The minimum Gasteiger partial charge on any atom is -0.389 e. The molecule has 2 atom stereocenters. The van der Waals surface area contributed by atoms with E-state index >= 15 is 0 Å². The van der Waals surface area contributed by atoms with Crippen LogP contribution < -0.4 is 0 Å². The molecule has 1 aliphatic rings. The molecule has 1 aromatic carbocycles. The van der Waals surface area contributed by atoms with E-state index in [1.165, 1.54) is 12.0 Å². The minimum absolute atomic E-state index is 0.0626. The molecule has 4 nitrogen and oxygen atoms in total. The Kier molecular flexibility index (Phi) is 4.85. The van der Waals surface area contributed by atoms with Gasteiger partial charge in [0.25, 0.3) is 0 Å². The van der Waals surface area contributed by atoms with Crippen molar-refractivity contribution in [2.75, 3.05) is 33.1 Å². The summed E-state index contributed by atoms with van der Waals surface area (Å²) in [6.07, 6.45) is -0.636. The average Bonchev–Trinajstić information content (AvgIpc) is 2.81. The van der Waals surface area contributed by atoms with Crippen molar-refractivity contribution in [1.82, 2.24) is 4.90 Å². The highest BCUT2D eigenvalue weighted by atomic mass is 32.2. The van der Waals surface area contributed by atoms with E-state index in [2.05, 4.69) is 0 Å². The van der Waals surface area contributed by atoms with Gasteiger partial charge in [-0.3, -0.25) is 4.79 Å². The van der Waals surface area contributed by atoms with Gasteiger partial charge in [-0.25, -0.2) is 0 Å². The summed E-state index contributed by atoms with van der Waals surface area (Å²) in [5.74, 6) is 0.747. The van der Waals surface area contributed by atoms with Crippen molar-refractivity contribution in [2.45, 2.75) is 16.9 Å². The third kappa shape index (κ3) is 3.29. The number of hydrogen-bond acceptors (Lipinski definition) is 4. The zero-order chi connectivity index (χ0) is 13.8. The number of thioether (sulfide) groups is 1. The molecule has 1 heterocycles. The van der Waals surface area contributed by atoms with Crippen LogP contribution in [0.15, 0.2) is 29.2 Å². The summed E-state index contributed by atoms with van der Waals surface area (Å²) in [5.41, 5.74) is 1.10. The van der Waals surface area contributed by atoms with Gasteiger partial charge in [-0.15, -0.1) is 11.8 Å². The van der Waals surface area contributed by atoms with Crippen LogP contribution in [0.1, 0.15) is 11.5 Å². The van der Waals surface area contributed by atoms with Crippen molar-refractivity contribution >= 4 is 17.7 Å². The van der Waals surface area contributed by atoms with E-state index in [1.807, 2.05) is 24.3 Å². The number of aliphatic hydroxyl groups is 1. The van der Waals surface area contributed by atoms with Crippen LogP contribution in [0.5, 0.6) is 0 Å². The van der Waals surface area contributed by atoms with Gasteiger partial charge in [0, 0.05) is 31.4 Å². The van der Waals surface area contributed by atoms with E-state index in [4.69, 9.17) is 4.74 Å². The second kappa shape index (κ2) is 6.41. The van der Waals surface area contributed by atoms with Crippen LogP contribution in [0, 0.1) is 0 Å². The monoisotopic (exact) mass is 281 g/mol. The van der Waals surface area contributed by atoms with Gasteiger partial charge in [-0.2, -0.15) is 0 Å². The fourth-order valence-corrected chi connectivity index (χ4v) is 3.50. The Morgan fingerprint density at radius 2 is 2.32 bits per heavy atom. The van der Waals surface area contributed by atoms with Crippen molar-refractivity contribution in [3.05, 3.63) is 29.8 Å². The lowest BCUT2D eigenvalue weighted by atomic mass is 10.00. The van der Waals surface area contributed by atoms with E-state index in [-0.39, 0.29) is 18.4 Å². The van der Waals surface area contributed by atoms with Crippen LogP contribution in [-0.4, -0.2) is 55.1 Å². The normalized spacial score (nSPS) is 19.0. The fraction of sp³-hybridized carbons (Fsp3) is 0.500. The molecular weight excluding hydrogens is 262 g/mol. The minimum atomic E-state index is -0.636. The van der Waals surface area contributed by atoms with E-state index in [1.54, 1.807) is 23.7 Å².